The van der Waals surface area contributed by atoms with Crippen LogP contribution in [-0.2, 0) is 5.41 Å². The second-order valence-electron chi connectivity index (χ2n) is 29.5. The van der Waals surface area contributed by atoms with Gasteiger partial charge in [0.05, 0.1) is 11.4 Å². The first kappa shape index (κ1) is 75.7. The first-order valence-corrected chi connectivity index (χ1v) is 39.4. The molecule has 0 unspecified atom stereocenters. The van der Waals surface area contributed by atoms with E-state index in [-0.39, 0.29) is 73.1 Å². The van der Waals surface area contributed by atoms with E-state index >= 15 is 0 Å². The Kier molecular flexibility index (Phi) is 20.5. The third-order valence-corrected chi connectivity index (χ3v) is 22.1. The summed E-state index contributed by atoms with van der Waals surface area (Å²) in [5.74, 6) is -0.890. The molecular weight excluding hydrogens is 1500 g/mol. The molecule has 0 saturated carbocycles. The molecule has 1 aliphatic carbocycles. The summed E-state index contributed by atoms with van der Waals surface area (Å²) >= 11 is 0. The van der Waals surface area contributed by atoms with E-state index in [0.29, 0.717) is 0 Å². The summed E-state index contributed by atoms with van der Waals surface area (Å²) in [6.07, 6.45) is 0. The Bertz CT molecular complexity index is 6980. The topological polar surface area (TPSA) is 172 Å². The zero-order valence-corrected chi connectivity index (χ0v) is 65.9. The highest BCUT2D eigenvalue weighted by Gasteiger charge is 2.36. The van der Waals surface area contributed by atoms with E-state index in [0.717, 1.165) is 51.2 Å². The van der Waals surface area contributed by atoms with E-state index in [1.807, 2.05) is 0 Å². The Morgan fingerprint density at radius 1 is 0.254 bits per heavy atom. The largest absolute Gasteiger partial charge is 0.370 e. The average molecular weight is 1560 g/mol. The third-order valence-electron chi connectivity index (χ3n) is 22.1. The van der Waals surface area contributed by atoms with Gasteiger partial charge in [-0.1, -0.05) is 307 Å². The molecule has 15 nitrogen and oxygen atoms in total. The Labute approximate surface area is 704 Å². The Hall–Kier alpha value is -17.6. The molecule has 570 valence electrons. The maximum absolute atomic E-state index is 9.30. The van der Waals surface area contributed by atoms with Crippen molar-refractivity contribution in [2.75, 3.05) is 14.7 Å². The van der Waals surface area contributed by atoms with E-state index in [2.05, 4.69) is 443 Å². The van der Waals surface area contributed by atoms with Crippen LogP contribution in [0.2, 0.25) is 0 Å². The molecular formula is C107H67N15. The quantitative estimate of drug-likeness (QED) is 0.0791. The van der Waals surface area contributed by atoms with Crippen molar-refractivity contribution >= 4 is 123 Å². The summed E-state index contributed by atoms with van der Waals surface area (Å²) in [7, 11) is 0. The summed E-state index contributed by atoms with van der Waals surface area (Å²) in [4.78, 5) is 41.4. The number of para-hydroxylation sites is 2. The number of nitrogens with zero attached hydrogens (tertiary/aromatic N) is 15. The zero-order chi connectivity index (χ0) is 83.2. The second kappa shape index (κ2) is 32.9. The van der Waals surface area contributed by atoms with Gasteiger partial charge in [0.1, 0.15) is 34.8 Å². The maximum atomic E-state index is 9.30. The predicted molar refractivity (Wildman–Crippen MR) is 490 cm³/mol. The standard InChI is InChI=1S/C45H35N.C44H32N2.C18N12/c1-45(2)43-16-10-9-15-41(43)42-30-29-40(31-44(42)45)46(38-25-21-36(22-26-38)33-13-7-4-8-14-33)39-27-23-37(24-28-39)35-19-17-34(18-20-35)32-11-5-3-6-12-32;1-3-17-37(18-4-1)45(43-23-11-15-35-13-7-9-21-41(35)43)39-29-25-33(26-30-39)34-27-31-40(32-28-34)46(38-19-5-2-6-20-38)44-24-12-16-36-14-8-10-22-42(36)44;1-22-16-9(6-21)27-12-10-11(26-8(5-20)7(4-19)25-10)14-15(13(12)28-16)30-18(24-3)17(23-2)29-14/h3-31H,1-2H3;1-32H;. The monoisotopic (exact) mass is 1560 g/mol. The van der Waals surface area contributed by atoms with Crippen LogP contribution in [0, 0.1) is 53.7 Å². The van der Waals surface area contributed by atoms with E-state index < -0.39 is 0 Å². The number of fused-ring (bicyclic) bond motifs is 11. The molecule has 1 aliphatic rings. The summed E-state index contributed by atoms with van der Waals surface area (Å²) < 4.78 is 0. The lowest BCUT2D eigenvalue weighted by Crippen LogP contribution is -2.16. The summed E-state index contributed by atoms with van der Waals surface area (Å²) in [6, 6.07) is 138. The molecule has 3 aromatic heterocycles. The Balaban J connectivity index is 0.000000128. The molecule has 0 fully saturated rings. The van der Waals surface area contributed by atoms with Gasteiger partial charge in [0.25, 0.3) is 17.2 Å². The summed E-state index contributed by atoms with van der Waals surface area (Å²) in [5.41, 5.74) is 24.4. The molecule has 0 N–H and O–H groups in total. The number of aromatic nitrogens is 6. The van der Waals surface area contributed by atoms with Crippen LogP contribution in [-0.4, -0.2) is 29.9 Å². The Morgan fingerprint density at radius 2 is 0.541 bits per heavy atom. The van der Waals surface area contributed by atoms with Crippen molar-refractivity contribution in [1.29, 1.82) is 15.8 Å². The normalized spacial score (nSPS) is 11.4. The van der Waals surface area contributed by atoms with E-state index in [1.54, 1.807) is 18.2 Å². The molecule has 122 heavy (non-hydrogen) atoms. The molecule has 16 aromatic carbocycles. The number of hydrogen-bond donors (Lipinski definition) is 0. The lowest BCUT2D eigenvalue weighted by molar-refractivity contribution is 0.660. The molecule has 3 heterocycles. The van der Waals surface area contributed by atoms with E-state index in [1.165, 1.54) is 88.3 Å². The average Bonchev–Trinajstić information content (AvgIpc) is 1.72. The summed E-state index contributed by atoms with van der Waals surface area (Å²) in [6.45, 7) is 26.4. The smallest absolute Gasteiger partial charge is 0.307 e. The number of rotatable bonds is 13. The fourth-order valence-corrected chi connectivity index (χ4v) is 16.2. The van der Waals surface area contributed by atoms with Crippen LogP contribution < -0.4 is 14.7 Å². The highest BCUT2D eigenvalue weighted by Crippen LogP contribution is 2.52. The van der Waals surface area contributed by atoms with Gasteiger partial charge in [-0.25, -0.2) is 15.0 Å². The van der Waals surface area contributed by atoms with Crippen LogP contribution in [0.15, 0.2) is 370 Å². The van der Waals surface area contributed by atoms with Crippen LogP contribution in [0.4, 0.5) is 68.6 Å². The first-order chi connectivity index (χ1) is 60.0. The van der Waals surface area contributed by atoms with Crippen molar-refractivity contribution in [3.05, 3.63) is 433 Å². The number of anilines is 9. The molecule has 0 spiro atoms. The van der Waals surface area contributed by atoms with Crippen molar-refractivity contribution < 1.29 is 0 Å². The van der Waals surface area contributed by atoms with Crippen LogP contribution in [0.3, 0.4) is 0 Å². The molecule has 0 amide bonds. The van der Waals surface area contributed by atoms with Gasteiger partial charge >= 0.3 is 5.82 Å². The van der Waals surface area contributed by atoms with E-state index in [4.69, 9.17) is 19.7 Å². The third kappa shape index (κ3) is 14.4. The van der Waals surface area contributed by atoms with Crippen molar-refractivity contribution in [2.24, 2.45) is 0 Å². The van der Waals surface area contributed by atoms with Gasteiger partial charge in [0.15, 0.2) is 17.1 Å². The van der Waals surface area contributed by atoms with Gasteiger partial charge in [-0.05, 0) is 175 Å². The Morgan fingerprint density at radius 3 is 0.934 bits per heavy atom. The van der Waals surface area contributed by atoms with Crippen molar-refractivity contribution in [2.45, 2.75) is 19.3 Å². The maximum Gasteiger partial charge on any atom is 0.307 e. The van der Waals surface area contributed by atoms with Crippen LogP contribution in [0.5, 0.6) is 0 Å². The lowest BCUT2D eigenvalue weighted by atomic mass is 9.82. The minimum Gasteiger partial charge on any atom is -0.370 e. The highest BCUT2D eigenvalue weighted by molar-refractivity contribution is 6.19. The number of nitriles is 3. The first-order valence-electron chi connectivity index (χ1n) is 39.4. The number of hydrogen-bond acceptors (Lipinski definition) is 12. The van der Waals surface area contributed by atoms with Crippen molar-refractivity contribution in [3.8, 4) is 73.8 Å². The molecule has 15 heteroatoms. The van der Waals surface area contributed by atoms with Crippen molar-refractivity contribution in [1.82, 2.24) is 29.9 Å². The highest BCUT2D eigenvalue weighted by atomic mass is 15.2. The molecule has 19 aromatic rings. The predicted octanol–water partition coefficient (Wildman–Crippen LogP) is 27.8. The van der Waals surface area contributed by atoms with Gasteiger partial charge < -0.3 is 29.2 Å². The van der Waals surface area contributed by atoms with Gasteiger partial charge in [-0.3, -0.25) is 0 Å². The van der Waals surface area contributed by atoms with Crippen LogP contribution in [0.25, 0.3) is 125 Å². The number of benzene rings is 16. The molecule has 0 atom stereocenters. The van der Waals surface area contributed by atoms with E-state index in [9.17, 15) is 15.8 Å². The van der Waals surface area contributed by atoms with Crippen molar-refractivity contribution in [3.63, 3.8) is 0 Å². The minimum absolute atomic E-state index is 0.000622. The SMILES string of the molecule is CC1(C)c2ccccc2-c2ccc(N(c3ccc(-c4ccccc4)cc3)c3ccc(-c4ccc(-c5ccccc5)cc4)cc3)cc21.[C-]#[N+]c1nc2c(nc1C#N)c1nc(C#N)c(C#N)nc1c1nc([N+]#[C-])c([N+]#[C-])nc21.c1ccc(N(c2ccc(-c3ccc(N(c4ccccc4)c4cccc5ccccc45)cc3)cc2)c2cccc3ccccc23)cc1. The van der Waals surface area contributed by atoms with Gasteiger partial charge in [-0.2, -0.15) is 15.8 Å². The summed E-state index contributed by atoms with van der Waals surface area (Å²) in [5, 5.41) is 32.8. The molecule has 0 bridgehead atoms. The fourth-order valence-electron chi connectivity index (χ4n) is 16.2. The minimum atomic E-state index is -0.298. The lowest BCUT2D eigenvalue weighted by Gasteiger charge is -2.28. The molecule has 0 saturated heterocycles. The fraction of sp³-hybridized carbons (Fsp3) is 0.0280. The van der Waals surface area contributed by atoms with Gasteiger partial charge in [-0.15, -0.1) is 15.0 Å². The molecule has 20 rings (SSSR count). The van der Waals surface area contributed by atoms with Crippen LogP contribution >= 0.6 is 0 Å². The van der Waals surface area contributed by atoms with Gasteiger partial charge in [0.2, 0.25) is 11.0 Å². The molecule has 0 radical (unpaired) electrons. The van der Waals surface area contributed by atoms with Crippen LogP contribution in [0.1, 0.15) is 42.1 Å². The van der Waals surface area contributed by atoms with Gasteiger partial charge in [0, 0.05) is 56.0 Å². The molecule has 0 aliphatic heterocycles. The second-order valence-corrected chi connectivity index (χ2v) is 29.5. The zero-order valence-electron chi connectivity index (χ0n) is 65.9.